The number of hydrogen-bond donors (Lipinski definition) is 1. The van der Waals surface area contributed by atoms with Gasteiger partial charge in [0.25, 0.3) is 5.91 Å². The predicted molar refractivity (Wildman–Crippen MR) is 134 cm³/mol. The third kappa shape index (κ3) is 4.65. The number of aromatic hydroxyl groups is 1. The van der Waals surface area contributed by atoms with E-state index >= 15 is 0 Å². The lowest BCUT2D eigenvalue weighted by atomic mass is 10.1. The molecule has 1 aliphatic heterocycles. The monoisotopic (exact) mass is 475 g/mol. The predicted octanol–water partition coefficient (Wildman–Crippen LogP) is 5.73. The first-order chi connectivity index (χ1) is 16.3. The molecule has 1 N–H and O–H groups in total. The Kier molecular flexibility index (Phi) is 6.38. The largest absolute Gasteiger partial charge is 0.500 e. The van der Waals surface area contributed by atoms with Crippen LogP contribution in [-0.4, -0.2) is 28.2 Å². The number of carbonyl (C=O) groups is 1. The van der Waals surface area contributed by atoms with Crippen molar-refractivity contribution >= 4 is 46.0 Å². The molecule has 172 valence electrons. The van der Waals surface area contributed by atoms with Gasteiger partial charge in [0.15, 0.2) is 10.9 Å². The molecule has 1 amide bonds. The van der Waals surface area contributed by atoms with Gasteiger partial charge in [0.1, 0.15) is 0 Å². The quantitative estimate of drug-likeness (QED) is 0.287. The van der Waals surface area contributed by atoms with Gasteiger partial charge in [-0.3, -0.25) is 19.8 Å². The van der Waals surface area contributed by atoms with Crippen molar-refractivity contribution in [1.82, 2.24) is 0 Å². The van der Waals surface area contributed by atoms with Crippen LogP contribution in [0.4, 0.5) is 17.1 Å². The Hall–Kier alpha value is -4.11. The minimum Gasteiger partial charge on any atom is -0.500 e. The van der Waals surface area contributed by atoms with Crippen molar-refractivity contribution in [2.75, 3.05) is 12.0 Å². The summed E-state index contributed by atoms with van der Waals surface area (Å²) in [6, 6.07) is 17.8. The number of nitro groups is 1. The van der Waals surface area contributed by atoms with Crippen molar-refractivity contribution in [3.63, 3.8) is 0 Å². The lowest BCUT2D eigenvalue weighted by Crippen LogP contribution is -2.28. The van der Waals surface area contributed by atoms with E-state index in [1.807, 2.05) is 62.4 Å². The lowest BCUT2D eigenvalue weighted by molar-refractivity contribution is -0.386. The zero-order chi connectivity index (χ0) is 24.4. The number of carbonyl (C=O) groups excluding carboxylic acids is 1. The number of amidine groups is 1. The van der Waals surface area contributed by atoms with E-state index in [-0.39, 0.29) is 11.7 Å². The van der Waals surface area contributed by atoms with E-state index in [1.54, 1.807) is 0 Å². The maximum atomic E-state index is 13.4. The van der Waals surface area contributed by atoms with Crippen LogP contribution in [-0.2, 0) is 4.79 Å². The van der Waals surface area contributed by atoms with Gasteiger partial charge in [0.2, 0.25) is 5.75 Å². The molecule has 3 aromatic rings. The van der Waals surface area contributed by atoms with Gasteiger partial charge >= 0.3 is 5.69 Å². The smallest absolute Gasteiger partial charge is 0.315 e. The van der Waals surface area contributed by atoms with Crippen LogP contribution >= 0.6 is 11.8 Å². The molecule has 0 spiro atoms. The topological polar surface area (TPSA) is 105 Å². The number of ether oxygens (including phenoxy) is 1. The summed E-state index contributed by atoms with van der Waals surface area (Å²) in [5.41, 5.74) is 3.34. The number of phenolic OH excluding ortho intramolecular Hbond substituents is 1. The number of aliphatic imine (C=N–C) groups is 1. The first-order valence-corrected chi connectivity index (χ1v) is 11.1. The molecule has 1 saturated heterocycles. The highest BCUT2D eigenvalue weighted by Crippen LogP contribution is 2.41. The number of hydrogen-bond acceptors (Lipinski definition) is 7. The van der Waals surface area contributed by atoms with E-state index in [2.05, 4.69) is 4.99 Å². The summed E-state index contributed by atoms with van der Waals surface area (Å²) < 4.78 is 5.07. The summed E-state index contributed by atoms with van der Waals surface area (Å²) in [6.45, 7) is 3.94. The fraction of sp³-hybridized carbons (Fsp3) is 0.120. The third-order valence-corrected chi connectivity index (χ3v) is 6.12. The lowest BCUT2D eigenvalue weighted by Gasteiger charge is -2.16. The number of rotatable bonds is 5. The van der Waals surface area contributed by atoms with Crippen LogP contribution in [0.1, 0.15) is 16.7 Å². The summed E-state index contributed by atoms with van der Waals surface area (Å²) >= 11 is 1.17. The molecule has 4 rings (SSSR count). The van der Waals surface area contributed by atoms with Gasteiger partial charge in [-0.1, -0.05) is 35.4 Å². The Balaban J connectivity index is 1.80. The first kappa shape index (κ1) is 23.1. The average molecular weight is 476 g/mol. The molecule has 1 aliphatic rings. The number of methoxy groups -OCH3 is 1. The van der Waals surface area contributed by atoms with Crippen LogP contribution in [0, 0.1) is 24.0 Å². The van der Waals surface area contributed by atoms with Gasteiger partial charge in [-0.05, 0) is 67.6 Å². The zero-order valence-electron chi connectivity index (χ0n) is 18.7. The SMILES string of the molecule is COc1cc(C=C2SC(=Nc3ccc(C)cc3)N(c3ccc(C)cc3)C2=O)cc([N+](=O)[O-])c1O. The molecule has 1 fully saturated rings. The minimum atomic E-state index is -0.702. The molecule has 0 aliphatic carbocycles. The molecule has 1 heterocycles. The fourth-order valence-corrected chi connectivity index (χ4v) is 4.34. The van der Waals surface area contributed by atoms with E-state index in [0.717, 1.165) is 11.1 Å². The van der Waals surface area contributed by atoms with Crippen molar-refractivity contribution in [2.45, 2.75) is 13.8 Å². The molecular weight excluding hydrogens is 454 g/mol. The van der Waals surface area contributed by atoms with Crippen LogP contribution in [0.5, 0.6) is 11.5 Å². The number of amides is 1. The number of benzene rings is 3. The van der Waals surface area contributed by atoms with Gasteiger partial charge in [0, 0.05) is 6.07 Å². The second-order valence-corrected chi connectivity index (χ2v) is 8.67. The van der Waals surface area contributed by atoms with Crippen LogP contribution in [0.15, 0.2) is 70.6 Å². The van der Waals surface area contributed by atoms with Crippen molar-refractivity contribution in [1.29, 1.82) is 0 Å². The Morgan fingerprint density at radius 2 is 1.68 bits per heavy atom. The molecule has 34 heavy (non-hydrogen) atoms. The summed E-state index contributed by atoms with van der Waals surface area (Å²) in [7, 11) is 1.30. The molecule has 3 aromatic carbocycles. The maximum Gasteiger partial charge on any atom is 0.315 e. The van der Waals surface area contributed by atoms with Gasteiger partial charge in [-0.15, -0.1) is 0 Å². The van der Waals surface area contributed by atoms with E-state index in [9.17, 15) is 20.0 Å². The Morgan fingerprint density at radius 3 is 2.26 bits per heavy atom. The molecule has 0 aromatic heterocycles. The number of phenols is 1. The van der Waals surface area contributed by atoms with Crippen molar-refractivity contribution in [2.24, 2.45) is 4.99 Å². The minimum absolute atomic E-state index is 0.0552. The Morgan fingerprint density at radius 1 is 1.06 bits per heavy atom. The fourth-order valence-electron chi connectivity index (χ4n) is 3.34. The van der Waals surface area contributed by atoms with Crippen LogP contribution in [0.25, 0.3) is 6.08 Å². The van der Waals surface area contributed by atoms with Crippen molar-refractivity contribution in [3.8, 4) is 11.5 Å². The summed E-state index contributed by atoms with van der Waals surface area (Å²) in [5.74, 6) is -0.933. The normalized spacial score (nSPS) is 15.9. The number of nitro benzene ring substituents is 1. The molecule has 0 unspecified atom stereocenters. The summed E-state index contributed by atoms with van der Waals surface area (Å²) in [5, 5.41) is 21.9. The van der Waals surface area contributed by atoms with E-state index < -0.39 is 16.4 Å². The number of thioether (sulfide) groups is 1. The first-order valence-electron chi connectivity index (χ1n) is 10.3. The van der Waals surface area contributed by atoms with E-state index in [4.69, 9.17) is 4.74 Å². The van der Waals surface area contributed by atoms with Crippen LogP contribution in [0.2, 0.25) is 0 Å². The number of aryl methyl sites for hydroxylation is 2. The molecule has 0 atom stereocenters. The molecule has 0 bridgehead atoms. The average Bonchev–Trinajstić information content (AvgIpc) is 3.11. The van der Waals surface area contributed by atoms with Crippen molar-refractivity contribution < 1.29 is 19.6 Å². The highest BCUT2D eigenvalue weighted by molar-refractivity contribution is 8.19. The molecule has 8 nitrogen and oxygen atoms in total. The van der Waals surface area contributed by atoms with Gasteiger partial charge in [-0.2, -0.15) is 0 Å². The maximum absolute atomic E-state index is 13.4. The highest BCUT2D eigenvalue weighted by atomic mass is 32.2. The highest BCUT2D eigenvalue weighted by Gasteiger charge is 2.35. The molecule has 9 heteroatoms. The summed E-state index contributed by atoms with van der Waals surface area (Å²) in [6.07, 6.45) is 1.53. The molecular formula is C25H21N3O5S. The number of nitrogens with zero attached hydrogens (tertiary/aromatic N) is 3. The standard InChI is InChI=1S/C25H21N3O5S/c1-15-4-8-18(9-5-15)26-25-27(19-10-6-16(2)7-11-19)24(30)22(34-25)14-17-12-20(28(31)32)23(29)21(13-17)33-3/h4-14,29H,1-3H3. The van der Waals surface area contributed by atoms with Gasteiger partial charge in [-0.25, -0.2) is 4.99 Å². The second-order valence-electron chi connectivity index (χ2n) is 7.66. The van der Waals surface area contributed by atoms with Crippen LogP contribution < -0.4 is 9.64 Å². The van der Waals surface area contributed by atoms with Gasteiger partial charge in [0.05, 0.1) is 28.3 Å². The molecule has 0 saturated carbocycles. The Labute approximate surface area is 200 Å². The Bertz CT molecular complexity index is 1330. The zero-order valence-corrected chi connectivity index (χ0v) is 19.5. The van der Waals surface area contributed by atoms with E-state index in [1.165, 1.54) is 42.0 Å². The van der Waals surface area contributed by atoms with Gasteiger partial charge < -0.3 is 9.84 Å². The second kappa shape index (κ2) is 9.40. The third-order valence-electron chi connectivity index (χ3n) is 5.15. The number of anilines is 1. The summed E-state index contributed by atoms with van der Waals surface area (Å²) in [4.78, 5) is 30.6. The van der Waals surface area contributed by atoms with E-state index in [0.29, 0.717) is 27.0 Å². The van der Waals surface area contributed by atoms with Crippen LogP contribution in [0.3, 0.4) is 0 Å². The van der Waals surface area contributed by atoms with Crippen molar-refractivity contribution in [3.05, 3.63) is 92.4 Å². The molecule has 0 radical (unpaired) electrons.